The van der Waals surface area contributed by atoms with Crippen LogP contribution in [0.5, 0.6) is 0 Å². The maximum atomic E-state index is 12.4. The lowest BCUT2D eigenvalue weighted by atomic mass is 9.41. The topological polar surface area (TPSA) is 72.8 Å². The van der Waals surface area contributed by atoms with Crippen LogP contribution in [0.25, 0.3) is 0 Å². The first kappa shape index (κ1) is 26.0. The number of carbonyl (C=O) groups is 2. The van der Waals surface area contributed by atoms with E-state index in [2.05, 4.69) is 27.7 Å². The molecule has 4 aliphatic carbocycles. The van der Waals surface area contributed by atoms with Gasteiger partial charge in [-0.15, -0.1) is 0 Å². The van der Waals surface area contributed by atoms with Gasteiger partial charge in [0.1, 0.15) is 6.10 Å². The molecule has 1 unspecified atom stereocenters. The Morgan fingerprint density at radius 2 is 1.71 bits per heavy atom. The summed E-state index contributed by atoms with van der Waals surface area (Å²) in [5.41, 5.74) is 0.446. The van der Waals surface area contributed by atoms with Crippen LogP contribution in [-0.2, 0) is 19.1 Å². The van der Waals surface area contributed by atoms with Crippen molar-refractivity contribution in [2.45, 2.75) is 111 Å². The van der Waals surface area contributed by atoms with E-state index in [4.69, 9.17) is 9.47 Å². The number of ether oxygens (including phenoxy) is 2. The maximum absolute atomic E-state index is 12.4. The average molecular weight is 477 g/mol. The first-order valence-corrected chi connectivity index (χ1v) is 14.0. The lowest BCUT2D eigenvalue weighted by Gasteiger charge is -2.65. The van der Waals surface area contributed by atoms with Gasteiger partial charge in [-0.25, -0.2) is 0 Å². The van der Waals surface area contributed by atoms with E-state index in [-0.39, 0.29) is 35.0 Å². The summed E-state index contributed by atoms with van der Waals surface area (Å²) < 4.78 is 11.2. The molecule has 0 saturated heterocycles. The molecule has 1 N–H and O–H groups in total. The number of rotatable bonds is 6. The van der Waals surface area contributed by atoms with Crippen molar-refractivity contribution < 1.29 is 24.2 Å². The Morgan fingerprint density at radius 3 is 2.35 bits per heavy atom. The molecule has 4 rings (SSSR count). The Kier molecular flexibility index (Phi) is 7.45. The minimum Gasteiger partial charge on any atom is -0.469 e. The Hall–Kier alpha value is -1.10. The van der Waals surface area contributed by atoms with Gasteiger partial charge in [-0.05, 0) is 104 Å². The van der Waals surface area contributed by atoms with Crippen LogP contribution < -0.4 is 0 Å². The molecular weight excluding hydrogens is 428 g/mol. The van der Waals surface area contributed by atoms with Crippen molar-refractivity contribution in [2.24, 2.45) is 52.3 Å². The zero-order chi connectivity index (χ0) is 24.8. The molecule has 4 saturated carbocycles. The van der Waals surface area contributed by atoms with Gasteiger partial charge in [0.25, 0.3) is 0 Å². The van der Waals surface area contributed by atoms with Crippen LogP contribution in [0.1, 0.15) is 98.8 Å². The van der Waals surface area contributed by atoms with Gasteiger partial charge in [-0.1, -0.05) is 27.7 Å². The van der Waals surface area contributed by atoms with E-state index in [0.717, 1.165) is 32.1 Å². The van der Waals surface area contributed by atoms with Crippen LogP contribution in [-0.4, -0.2) is 36.4 Å². The molecule has 4 fully saturated rings. The molecule has 5 heteroatoms. The van der Waals surface area contributed by atoms with Gasteiger partial charge >= 0.3 is 11.9 Å². The van der Waals surface area contributed by atoms with Crippen LogP contribution in [0.3, 0.4) is 0 Å². The molecule has 0 aliphatic heterocycles. The van der Waals surface area contributed by atoms with Gasteiger partial charge in [0.05, 0.1) is 13.2 Å². The highest BCUT2D eigenvalue weighted by Gasteiger charge is 2.65. The van der Waals surface area contributed by atoms with Gasteiger partial charge in [0.2, 0.25) is 0 Å². The zero-order valence-electron chi connectivity index (χ0n) is 22.3. The fourth-order valence-corrected chi connectivity index (χ4v) is 9.90. The van der Waals surface area contributed by atoms with E-state index in [9.17, 15) is 14.7 Å². The zero-order valence-corrected chi connectivity index (χ0v) is 22.3. The summed E-state index contributed by atoms with van der Waals surface area (Å²) >= 11 is 0. The molecule has 0 heterocycles. The fraction of sp³-hybridized carbons (Fsp3) is 0.931. The smallest absolute Gasteiger partial charge is 0.305 e. The van der Waals surface area contributed by atoms with Gasteiger partial charge in [-0.2, -0.15) is 0 Å². The van der Waals surface area contributed by atoms with Crippen molar-refractivity contribution in [3.63, 3.8) is 0 Å². The highest BCUT2D eigenvalue weighted by atomic mass is 16.5. The monoisotopic (exact) mass is 476 g/mol. The van der Waals surface area contributed by atoms with Crippen LogP contribution in [0.2, 0.25) is 0 Å². The third-order valence-corrected chi connectivity index (χ3v) is 11.5. The van der Waals surface area contributed by atoms with E-state index in [1.54, 1.807) is 6.92 Å². The van der Waals surface area contributed by atoms with Crippen LogP contribution >= 0.6 is 0 Å². The minimum absolute atomic E-state index is 0.0374. The number of carbonyl (C=O) groups excluding carboxylic acids is 2. The number of fused-ring (bicyclic) bond motifs is 5. The van der Waals surface area contributed by atoms with Crippen molar-refractivity contribution in [3.8, 4) is 0 Å². The molecule has 0 aromatic carbocycles. The standard InChI is InChI=1S/C29H48O5/c1-7-20-24-16-19(31)12-14-29(24,5)23-13-15-28(4)21(17(2)8-11-25(32)33-6)9-10-22(28)26(23)27(20)34-18(3)30/h17,19-24,26-27,31H,7-16H2,1-6H3/t17-,19-,20-,21?,22+,23+,24+,26+,27-,28-,29-/m1/s1. The number of hydrogen-bond acceptors (Lipinski definition) is 5. The summed E-state index contributed by atoms with van der Waals surface area (Å²) in [6.45, 7) is 11.1. The predicted octanol–water partition coefficient (Wildman–Crippen LogP) is 5.77. The Balaban J connectivity index is 1.66. The highest BCUT2D eigenvalue weighted by molar-refractivity contribution is 5.69. The van der Waals surface area contributed by atoms with Crippen molar-refractivity contribution in [1.82, 2.24) is 0 Å². The number of methoxy groups -OCH3 is 1. The normalized spacial score (nSPS) is 46.6. The second-order valence-electron chi connectivity index (χ2n) is 12.8. The van der Waals surface area contributed by atoms with Gasteiger partial charge < -0.3 is 14.6 Å². The van der Waals surface area contributed by atoms with Crippen molar-refractivity contribution >= 4 is 11.9 Å². The average Bonchev–Trinajstić information content (AvgIpc) is 3.15. The Morgan fingerprint density at radius 1 is 1.03 bits per heavy atom. The number of aliphatic hydroxyl groups is 1. The van der Waals surface area contributed by atoms with Gasteiger partial charge in [-0.3, -0.25) is 9.59 Å². The molecule has 0 aromatic heterocycles. The first-order chi connectivity index (χ1) is 16.1. The molecule has 34 heavy (non-hydrogen) atoms. The number of esters is 2. The van der Waals surface area contributed by atoms with Crippen LogP contribution in [0.4, 0.5) is 0 Å². The molecule has 0 amide bonds. The molecule has 5 nitrogen and oxygen atoms in total. The lowest BCUT2D eigenvalue weighted by molar-refractivity contribution is -0.217. The third kappa shape index (κ3) is 4.22. The summed E-state index contributed by atoms with van der Waals surface area (Å²) in [5.74, 6) is 3.07. The molecule has 194 valence electrons. The third-order valence-electron chi connectivity index (χ3n) is 11.5. The first-order valence-electron chi connectivity index (χ1n) is 14.0. The molecule has 11 atom stereocenters. The molecule has 4 aliphatic rings. The second-order valence-corrected chi connectivity index (χ2v) is 12.8. The fourth-order valence-electron chi connectivity index (χ4n) is 9.90. The number of aliphatic hydroxyl groups excluding tert-OH is 1. The summed E-state index contributed by atoms with van der Waals surface area (Å²) in [7, 11) is 1.47. The Bertz CT molecular complexity index is 766. The predicted molar refractivity (Wildman–Crippen MR) is 132 cm³/mol. The maximum Gasteiger partial charge on any atom is 0.305 e. The van der Waals surface area contributed by atoms with Gasteiger partial charge in [0.15, 0.2) is 0 Å². The van der Waals surface area contributed by atoms with Crippen molar-refractivity contribution in [3.05, 3.63) is 0 Å². The van der Waals surface area contributed by atoms with E-state index < -0.39 is 0 Å². The minimum atomic E-state index is -0.220. The van der Waals surface area contributed by atoms with Gasteiger partial charge in [0, 0.05) is 19.3 Å². The van der Waals surface area contributed by atoms with E-state index in [1.807, 2.05) is 0 Å². The molecule has 0 spiro atoms. The largest absolute Gasteiger partial charge is 0.469 e. The molecule has 0 bridgehead atoms. The molecular formula is C29H48O5. The lowest BCUT2D eigenvalue weighted by Crippen LogP contribution is -2.63. The summed E-state index contributed by atoms with van der Waals surface area (Å²) in [6.07, 6.45) is 9.78. The van der Waals surface area contributed by atoms with E-state index in [0.29, 0.717) is 47.8 Å². The highest BCUT2D eigenvalue weighted by Crippen LogP contribution is 2.70. The summed E-state index contributed by atoms with van der Waals surface area (Å²) in [5, 5.41) is 10.6. The SMILES string of the molecule is CC[C@H]1[C@@H](OC(C)=O)[C@@H]2[C@H](CC[C@]3(C)C([C@H](C)CCC(=O)OC)CC[C@@H]23)[C@@]2(C)CC[C@@H](O)C[C@@H]12. The Labute approximate surface area is 206 Å². The van der Waals surface area contributed by atoms with Crippen LogP contribution in [0, 0.1) is 52.3 Å². The molecule has 0 aromatic rings. The van der Waals surface area contributed by atoms with E-state index >= 15 is 0 Å². The number of hydrogen-bond donors (Lipinski definition) is 1. The molecule has 0 radical (unpaired) electrons. The second kappa shape index (κ2) is 9.75. The van der Waals surface area contributed by atoms with Crippen molar-refractivity contribution in [1.29, 1.82) is 0 Å². The summed E-state index contributed by atoms with van der Waals surface area (Å²) in [6, 6.07) is 0. The van der Waals surface area contributed by atoms with E-state index in [1.165, 1.54) is 32.8 Å². The van der Waals surface area contributed by atoms with Crippen LogP contribution in [0.15, 0.2) is 0 Å². The summed E-state index contributed by atoms with van der Waals surface area (Å²) in [4.78, 5) is 24.2. The quantitative estimate of drug-likeness (QED) is 0.493. The van der Waals surface area contributed by atoms with Crippen molar-refractivity contribution in [2.75, 3.05) is 7.11 Å².